The minimum absolute atomic E-state index is 0.0159. The molecular formula is C19H13FN6OS. The second-order valence-electron chi connectivity index (χ2n) is 6.42. The summed E-state index contributed by atoms with van der Waals surface area (Å²) in [4.78, 5) is 24.4. The van der Waals surface area contributed by atoms with Gasteiger partial charge in [0.05, 0.1) is 34.1 Å². The summed E-state index contributed by atoms with van der Waals surface area (Å²) in [6.45, 7) is 1.90. The molecule has 4 aromatic heterocycles. The van der Waals surface area contributed by atoms with Crippen molar-refractivity contribution in [2.75, 3.05) is 5.73 Å². The number of aromatic nitrogens is 5. The molecule has 0 aliphatic carbocycles. The molecule has 0 aliphatic heterocycles. The molecule has 0 saturated carbocycles. The van der Waals surface area contributed by atoms with Gasteiger partial charge in [-0.1, -0.05) is 6.07 Å². The lowest BCUT2D eigenvalue weighted by Gasteiger charge is -2.13. The molecule has 1 aromatic carbocycles. The van der Waals surface area contributed by atoms with E-state index in [4.69, 9.17) is 10.7 Å². The number of thiazole rings is 1. The molecule has 0 spiro atoms. The number of benzene rings is 1. The molecule has 5 aromatic rings. The molecule has 4 N–H and O–H groups in total. The van der Waals surface area contributed by atoms with Gasteiger partial charge in [0.2, 0.25) is 0 Å². The normalized spacial score (nSPS) is 11.5. The van der Waals surface area contributed by atoms with E-state index in [2.05, 4.69) is 20.2 Å². The fourth-order valence-electron chi connectivity index (χ4n) is 3.41. The Bertz CT molecular complexity index is 1420. The SMILES string of the molecule is Cc1cc2[nH]c(=O)c(N)c(-c3ccc(F)c4[nH]ncc34)c2nc1-c1cscn1. The molecule has 7 nitrogen and oxygen atoms in total. The lowest BCUT2D eigenvalue weighted by molar-refractivity contribution is 0.636. The highest BCUT2D eigenvalue weighted by atomic mass is 32.1. The van der Waals surface area contributed by atoms with Gasteiger partial charge >= 0.3 is 0 Å². The number of hydrogen-bond donors (Lipinski definition) is 3. The summed E-state index contributed by atoms with van der Waals surface area (Å²) in [5.74, 6) is -0.434. The summed E-state index contributed by atoms with van der Waals surface area (Å²) < 4.78 is 14.1. The molecule has 9 heteroatoms. The van der Waals surface area contributed by atoms with E-state index in [0.29, 0.717) is 33.2 Å². The van der Waals surface area contributed by atoms with Crippen LogP contribution in [0.3, 0.4) is 0 Å². The first-order valence-corrected chi connectivity index (χ1v) is 9.32. The Hall–Kier alpha value is -3.59. The van der Waals surface area contributed by atoms with Gasteiger partial charge in [0.1, 0.15) is 17.0 Å². The number of nitrogens with zero attached hydrogens (tertiary/aromatic N) is 3. The zero-order chi connectivity index (χ0) is 19.4. The topological polar surface area (TPSA) is 113 Å². The quantitative estimate of drug-likeness (QED) is 0.425. The van der Waals surface area contributed by atoms with Crippen LogP contribution in [0.5, 0.6) is 0 Å². The van der Waals surface area contributed by atoms with Gasteiger partial charge in [-0.2, -0.15) is 5.10 Å². The second kappa shape index (κ2) is 5.96. The minimum atomic E-state index is -0.434. The summed E-state index contributed by atoms with van der Waals surface area (Å²) in [5, 5.41) is 9.00. The van der Waals surface area contributed by atoms with Gasteiger partial charge < -0.3 is 10.7 Å². The van der Waals surface area contributed by atoms with Crippen molar-refractivity contribution in [1.29, 1.82) is 0 Å². The van der Waals surface area contributed by atoms with Crippen LogP contribution in [0, 0.1) is 12.7 Å². The Morgan fingerprint density at radius 3 is 2.93 bits per heavy atom. The molecule has 5 rings (SSSR count). The van der Waals surface area contributed by atoms with Crippen molar-refractivity contribution in [3.05, 3.63) is 57.0 Å². The first kappa shape index (κ1) is 16.6. The number of aromatic amines is 2. The summed E-state index contributed by atoms with van der Waals surface area (Å²) in [7, 11) is 0. The lowest BCUT2D eigenvalue weighted by atomic mass is 9.98. The van der Waals surface area contributed by atoms with Gasteiger partial charge in [0.15, 0.2) is 0 Å². The van der Waals surface area contributed by atoms with Crippen LogP contribution in [0.1, 0.15) is 5.56 Å². The Labute approximate surface area is 161 Å². The molecule has 28 heavy (non-hydrogen) atoms. The number of halogens is 1. The minimum Gasteiger partial charge on any atom is -0.394 e. The fraction of sp³-hybridized carbons (Fsp3) is 0.0526. The molecular weight excluding hydrogens is 379 g/mol. The van der Waals surface area contributed by atoms with Gasteiger partial charge in [-0.15, -0.1) is 11.3 Å². The third-order valence-electron chi connectivity index (χ3n) is 4.72. The van der Waals surface area contributed by atoms with Crippen molar-refractivity contribution in [1.82, 2.24) is 25.1 Å². The van der Waals surface area contributed by atoms with Crippen molar-refractivity contribution < 1.29 is 4.39 Å². The number of anilines is 1. The molecule has 0 aliphatic rings. The number of hydrogen-bond acceptors (Lipinski definition) is 6. The number of pyridine rings is 2. The zero-order valence-electron chi connectivity index (χ0n) is 14.6. The number of fused-ring (bicyclic) bond motifs is 2. The summed E-state index contributed by atoms with van der Waals surface area (Å²) in [6, 6.07) is 4.75. The summed E-state index contributed by atoms with van der Waals surface area (Å²) in [5.41, 5.74) is 12.1. The maximum atomic E-state index is 14.1. The molecule has 0 amide bonds. The third kappa shape index (κ3) is 2.33. The van der Waals surface area contributed by atoms with Crippen LogP contribution < -0.4 is 11.3 Å². The van der Waals surface area contributed by atoms with Crippen molar-refractivity contribution >= 4 is 39.0 Å². The molecule has 4 heterocycles. The first-order valence-electron chi connectivity index (χ1n) is 8.38. The van der Waals surface area contributed by atoms with Gasteiger partial charge in [0, 0.05) is 16.3 Å². The van der Waals surface area contributed by atoms with E-state index in [1.165, 1.54) is 23.6 Å². The van der Waals surface area contributed by atoms with E-state index >= 15 is 0 Å². The predicted molar refractivity (Wildman–Crippen MR) is 108 cm³/mol. The highest BCUT2D eigenvalue weighted by Gasteiger charge is 2.19. The van der Waals surface area contributed by atoms with Crippen LogP contribution in [0.25, 0.3) is 44.5 Å². The maximum absolute atomic E-state index is 14.1. The van der Waals surface area contributed by atoms with Crippen LogP contribution in [-0.4, -0.2) is 25.1 Å². The molecule has 0 atom stereocenters. The van der Waals surface area contributed by atoms with Crippen molar-refractivity contribution in [2.45, 2.75) is 6.92 Å². The van der Waals surface area contributed by atoms with Crippen molar-refractivity contribution in [2.24, 2.45) is 0 Å². The molecule has 0 saturated heterocycles. The largest absolute Gasteiger partial charge is 0.394 e. The molecule has 0 radical (unpaired) electrons. The van der Waals surface area contributed by atoms with Crippen LogP contribution in [0.2, 0.25) is 0 Å². The van der Waals surface area contributed by atoms with Gasteiger partial charge in [0.25, 0.3) is 5.56 Å². The van der Waals surface area contributed by atoms with E-state index < -0.39 is 11.4 Å². The number of aryl methyl sites for hydroxylation is 1. The molecule has 138 valence electrons. The molecule has 0 fully saturated rings. The standard InChI is InChI=1S/C19H13FN6OS/c1-8-4-12-18(25-16(8)13-6-28-7-22-13)14(15(21)19(27)24-12)9-2-3-11(20)17-10(9)5-23-26-17/h2-7H,21H2,1H3,(H,23,26)(H,24,27). The molecule has 0 unspecified atom stereocenters. The number of nitrogen functional groups attached to an aromatic ring is 1. The monoisotopic (exact) mass is 392 g/mol. The number of nitrogens with one attached hydrogen (secondary N) is 2. The van der Waals surface area contributed by atoms with E-state index in [1.54, 1.807) is 11.6 Å². The Kier molecular flexibility index (Phi) is 3.53. The number of rotatable bonds is 2. The van der Waals surface area contributed by atoms with Crippen LogP contribution in [0.15, 0.2) is 40.1 Å². The highest BCUT2D eigenvalue weighted by Crippen LogP contribution is 2.36. The first-order chi connectivity index (χ1) is 13.5. The summed E-state index contributed by atoms with van der Waals surface area (Å²) in [6.07, 6.45) is 1.51. The molecule has 0 bridgehead atoms. The third-order valence-corrected chi connectivity index (χ3v) is 5.31. The average Bonchev–Trinajstić information content (AvgIpc) is 3.36. The average molecular weight is 392 g/mol. The van der Waals surface area contributed by atoms with E-state index in [9.17, 15) is 9.18 Å². The highest BCUT2D eigenvalue weighted by molar-refractivity contribution is 7.07. The lowest BCUT2D eigenvalue weighted by Crippen LogP contribution is -2.14. The summed E-state index contributed by atoms with van der Waals surface area (Å²) >= 11 is 1.47. The van der Waals surface area contributed by atoms with E-state index in [-0.39, 0.29) is 11.2 Å². The Balaban J connectivity index is 1.93. The number of nitrogens with two attached hydrogens (primary N) is 1. The van der Waals surface area contributed by atoms with Crippen LogP contribution >= 0.6 is 11.3 Å². The van der Waals surface area contributed by atoms with E-state index in [1.807, 2.05) is 18.4 Å². The fourth-order valence-corrected chi connectivity index (χ4v) is 3.95. The maximum Gasteiger partial charge on any atom is 0.272 e. The Morgan fingerprint density at radius 1 is 1.29 bits per heavy atom. The Morgan fingerprint density at radius 2 is 2.14 bits per heavy atom. The van der Waals surface area contributed by atoms with Crippen LogP contribution in [0.4, 0.5) is 10.1 Å². The van der Waals surface area contributed by atoms with Crippen molar-refractivity contribution in [3.63, 3.8) is 0 Å². The smallest absolute Gasteiger partial charge is 0.272 e. The zero-order valence-corrected chi connectivity index (χ0v) is 15.4. The second-order valence-corrected chi connectivity index (χ2v) is 7.14. The van der Waals surface area contributed by atoms with E-state index in [0.717, 1.165) is 11.3 Å². The number of H-pyrrole nitrogens is 2. The van der Waals surface area contributed by atoms with Gasteiger partial charge in [-0.25, -0.2) is 14.4 Å². The predicted octanol–water partition coefficient (Wildman–Crippen LogP) is 3.62. The van der Waals surface area contributed by atoms with Crippen LogP contribution in [-0.2, 0) is 0 Å². The van der Waals surface area contributed by atoms with Gasteiger partial charge in [-0.3, -0.25) is 9.89 Å². The van der Waals surface area contributed by atoms with Gasteiger partial charge in [-0.05, 0) is 30.2 Å². The van der Waals surface area contributed by atoms with Crippen molar-refractivity contribution in [3.8, 4) is 22.5 Å².